The van der Waals surface area contributed by atoms with E-state index in [1.54, 1.807) is 19.1 Å². The van der Waals surface area contributed by atoms with Crippen LogP contribution in [0.1, 0.15) is 35.6 Å². The van der Waals surface area contributed by atoms with E-state index in [-0.39, 0.29) is 37.3 Å². The molecular formula is C29H33O16P. The Morgan fingerprint density at radius 3 is 2.22 bits per heavy atom. The van der Waals surface area contributed by atoms with Crippen molar-refractivity contribution in [3.05, 3.63) is 41.0 Å². The predicted molar refractivity (Wildman–Crippen MR) is 149 cm³/mol. The molecular weight excluding hydrogens is 635 g/mol. The van der Waals surface area contributed by atoms with Crippen LogP contribution in [0.4, 0.5) is 0 Å². The first kappa shape index (κ1) is 31.4. The van der Waals surface area contributed by atoms with E-state index in [1.165, 1.54) is 26.4 Å². The summed E-state index contributed by atoms with van der Waals surface area (Å²) in [6.07, 6.45) is -7.18. The van der Waals surface area contributed by atoms with Gasteiger partial charge < -0.3 is 57.4 Å². The minimum Gasteiger partial charge on any atom is -0.493 e. The summed E-state index contributed by atoms with van der Waals surface area (Å²) in [7, 11) is -2.40. The summed E-state index contributed by atoms with van der Waals surface area (Å²) in [6.45, 7) is 1.72. The Hall–Kier alpha value is -3.18. The van der Waals surface area contributed by atoms with E-state index in [1.807, 2.05) is 0 Å². The van der Waals surface area contributed by atoms with Crippen molar-refractivity contribution < 1.29 is 76.5 Å². The quantitative estimate of drug-likeness (QED) is 0.241. The molecule has 16 nitrogen and oxygen atoms in total. The first-order valence-electron chi connectivity index (χ1n) is 14.5. The molecule has 4 aliphatic heterocycles. The highest BCUT2D eigenvalue weighted by atomic mass is 31.2. The fourth-order valence-electron chi connectivity index (χ4n) is 6.93. The fourth-order valence-corrected chi connectivity index (χ4v) is 7.35. The topological polar surface area (TPSA) is 207 Å². The Labute approximate surface area is 262 Å². The van der Waals surface area contributed by atoms with Crippen LogP contribution in [0, 0.1) is 11.8 Å². The van der Waals surface area contributed by atoms with Gasteiger partial charge in [-0.3, -0.25) is 14.6 Å². The number of phosphoric acid groups is 1. The van der Waals surface area contributed by atoms with Gasteiger partial charge in [-0.1, -0.05) is 0 Å². The number of carbonyl (C=O) groups is 1. The summed E-state index contributed by atoms with van der Waals surface area (Å²) < 4.78 is 68.1. The summed E-state index contributed by atoms with van der Waals surface area (Å²) in [5.41, 5.74) is 1.65. The van der Waals surface area contributed by atoms with E-state index >= 15 is 0 Å². The van der Waals surface area contributed by atoms with Crippen LogP contribution < -0.4 is 23.5 Å². The first-order valence-corrected chi connectivity index (χ1v) is 16.1. The Morgan fingerprint density at radius 2 is 1.57 bits per heavy atom. The second-order valence-corrected chi connectivity index (χ2v) is 12.7. The van der Waals surface area contributed by atoms with Crippen LogP contribution in [0.15, 0.2) is 24.3 Å². The standard InChI is InChI=1S/C29H33O16P/c1-11-38-9-20-27(42-11)23(30)24(31)29(43-20)44-25-14-7-17-16(40-10-41-17)6-13(14)21(22-15(25)8-39-28(22)32)12-4-18(36-2)26(19(5-12)37-3)45-46(33,34)35/h4-7,11,15,20-25,27,29-31H,8-10H2,1-3H3,(H2,33,34,35)/t11-,15-,20+,21+,22-,23-,24-,25+,27-,29-/m0/s1. The largest absolute Gasteiger partial charge is 0.525 e. The minimum absolute atomic E-state index is 0.0303. The van der Waals surface area contributed by atoms with Gasteiger partial charge in [0.2, 0.25) is 12.5 Å². The molecule has 5 aliphatic rings. The van der Waals surface area contributed by atoms with Crippen molar-refractivity contribution in [3.63, 3.8) is 0 Å². The molecule has 0 spiro atoms. The van der Waals surface area contributed by atoms with Crippen LogP contribution in [0.3, 0.4) is 0 Å². The third-order valence-corrected chi connectivity index (χ3v) is 9.36. The van der Waals surface area contributed by atoms with Gasteiger partial charge in [-0.05, 0) is 47.9 Å². The lowest BCUT2D eigenvalue weighted by atomic mass is 9.66. The summed E-state index contributed by atoms with van der Waals surface area (Å²) in [5.74, 6) is -2.25. The number of rotatable bonds is 7. The van der Waals surface area contributed by atoms with E-state index in [0.717, 1.165) is 0 Å². The molecule has 46 heavy (non-hydrogen) atoms. The molecule has 0 unspecified atom stereocenters. The van der Waals surface area contributed by atoms with Gasteiger partial charge in [0.1, 0.15) is 24.4 Å². The molecule has 10 atom stereocenters. The average Bonchev–Trinajstić information content (AvgIpc) is 3.64. The van der Waals surface area contributed by atoms with E-state index in [9.17, 15) is 29.4 Å². The SMILES string of the molecule is COc1cc([C@@H]2c3cc4c(cc3[C@@H](O[C@@H]3O[C@@H]5CO[C@H](C)O[C@@H]5[C@@H](O)[C@@H]3O)[C@H]3COC(=O)[C@H]23)OCO4)cc(OC)c1OP(=O)(O)O. The number of ether oxygens (including phenoxy) is 9. The number of cyclic esters (lactones) is 1. The molecule has 1 aliphatic carbocycles. The maximum Gasteiger partial charge on any atom is 0.525 e. The first-order chi connectivity index (χ1) is 22.0. The smallest absolute Gasteiger partial charge is 0.493 e. The number of fused-ring (bicyclic) bond motifs is 4. The number of carbonyl (C=O) groups excluding carboxylic acids is 1. The van der Waals surface area contributed by atoms with Crippen molar-refractivity contribution in [2.75, 3.05) is 34.2 Å². The van der Waals surface area contributed by atoms with Gasteiger partial charge in [-0.15, -0.1) is 0 Å². The molecule has 2 aromatic rings. The molecule has 3 fully saturated rings. The lowest BCUT2D eigenvalue weighted by molar-refractivity contribution is -0.364. The van der Waals surface area contributed by atoms with E-state index in [0.29, 0.717) is 28.2 Å². The number of hydrogen-bond acceptors (Lipinski definition) is 14. The maximum absolute atomic E-state index is 13.5. The summed E-state index contributed by atoms with van der Waals surface area (Å²) in [5, 5.41) is 22.0. The number of esters is 1. The van der Waals surface area contributed by atoms with Gasteiger partial charge in [0.05, 0.1) is 39.5 Å². The Morgan fingerprint density at radius 1 is 0.891 bits per heavy atom. The molecule has 17 heteroatoms. The zero-order chi connectivity index (χ0) is 32.5. The number of phosphoric ester groups is 1. The molecule has 0 aromatic heterocycles. The normalized spacial score (nSPS) is 34.6. The van der Waals surface area contributed by atoms with Crippen LogP contribution in [-0.4, -0.2) is 97.2 Å². The molecule has 4 N–H and O–H groups in total. The van der Waals surface area contributed by atoms with Crippen LogP contribution in [0.2, 0.25) is 0 Å². The van der Waals surface area contributed by atoms with Crippen molar-refractivity contribution in [1.82, 2.24) is 0 Å². The highest BCUT2D eigenvalue weighted by Gasteiger charge is 2.56. The van der Waals surface area contributed by atoms with Gasteiger partial charge in [0, 0.05) is 11.8 Å². The predicted octanol–water partition coefficient (Wildman–Crippen LogP) is 1.10. The van der Waals surface area contributed by atoms with Gasteiger partial charge in [0.25, 0.3) is 0 Å². The molecule has 0 saturated carbocycles. The summed E-state index contributed by atoms with van der Waals surface area (Å²) in [6, 6.07) is 6.47. The zero-order valence-corrected chi connectivity index (χ0v) is 25.7. The molecule has 2 aromatic carbocycles. The summed E-state index contributed by atoms with van der Waals surface area (Å²) in [4.78, 5) is 32.5. The Balaban J connectivity index is 1.32. The number of aliphatic hydroxyl groups is 2. The Kier molecular flexibility index (Phi) is 8.07. The highest BCUT2D eigenvalue weighted by Crippen LogP contribution is 2.57. The second-order valence-electron chi connectivity index (χ2n) is 11.6. The van der Waals surface area contributed by atoms with Crippen molar-refractivity contribution in [3.8, 4) is 28.7 Å². The van der Waals surface area contributed by atoms with Crippen LogP contribution in [0.25, 0.3) is 0 Å². The highest BCUT2D eigenvalue weighted by molar-refractivity contribution is 7.46. The van der Waals surface area contributed by atoms with Crippen molar-refractivity contribution in [2.45, 2.75) is 55.9 Å². The molecule has 0 radical (unpaired) electrons. The van der Waals surface area contributed by atoms with Gasteiger partial charge in [-0.2, -0.15) is 0 Å². The summed E-state index contributed by atoms with van der Waals surface area (Å²) >= 11 is 0. The number of methoxy groups -OCH3 is 2. The van der Waals surface area contributed by atoms with E-state index in [4.69, 9.17) is 47.2 Å². The van der Waals surface area contributed by atoms with Gasteiger partial charge in [0.15, 0.2) is 35.6 Å². The molecule has 3 saturated heterocycles. The lowest BCUT2D eigenvalue weighted by Crippen LogP contribution is -2.63. The maximum atomic E-state index is 13.5. The number of benzene rings is 2. The zero-order valence-electron chi connectivity index (χ0n) is 24.8. The van der Waals surface area contributed by atoms with E-state index in [2.05, 4.69) is 0 Å². The van der Waals surface area contributed by atoms with Crippen LogP contribution >= 0.6 is 7.82 Å². The lowest BCUT2D eigenvalue weighted by Gasteiger charge is -2.47. The monoisotopic (exact) mass is 668 g/mol. The average molecular weight is 669 g/mol. The number of hydrogen-bond donors (Lipinski definition) is 4. The van der Waals surface area contributed by atoms with Gasteiger partial charge in [-0.25, -0.2) is 4.57 Å². The Bertz CT molecular complexity index is 1530. The number of aliphatic hydroxyl groups excluding tert-OH is 2. The fraction of sp³-hybridized carbons (Fsp3) is 0.552. The third kappa shape index (κ3) is 5.37. The minimum atomic E-state index is -5.00. The van der Waals surface area contributed by atoms with Crippen molar-refractivity contribution in [1.29, 1.82) is 0 Å². The third-order valence-electron chi connectivity index (χ3n) is 8.94. The molecule has 250 valence electrons. The molecule has 0 bridgehead atoms. The van der Waals surface area contributed by atoms with Crippen molar-refractivity contribution in [2.24, 2.45) is 11.8 Å². The van der Waals surface area contributed by atoms with Gasteiger partial charge >= 0.3 is 13.8 Å². The van der Waals surface area contributed by atoms with Crippen LogP contribution in [0.5, 0.6) is 28.7 Å². The molecule has 7 rings (SSSR count). The van der Waals surface area contributed by atoms with Crippen LogP contribution in [-0.2, 0) is 33.0 Å². The van der Waals surface area contributed by atoms with Crippen molar-refractivity contribution >= 4 is 13.8 Å². The molecule has 0 amide bonds. The van der Waals surface area contributed by atoms with E-state index < -0.39 is 74.6 Å². The molecule has 4 heterocycles. The second kappa shape index (κ2) is 11.8.